The third-order valence-corrected chi connectivity index (χ3v) is 6.14. The molecule has 7 heteroatoms. The predicted molar refractivity (Wildman–Crippen MR) is 54.6 cm³/mol. The molecule has 0 aromatic heterocycles. The van der Waals surface area contributed by atoms with Crippen molar-refractivity contribution in [2.24, 2.45) is 23.7 Å². The van der Waals surface area contributed by atoms with Crippen LogP contribution in [0.5, 0.6) is 0 Å². The van der Waals surface area contributed by atoms with E-state index in [9.17, 15) is 21.6 Å². The molecule has 100 valence electrons. The maximum atomic E-state index is 13.0. The highest BCUT2D eigenvalue weighted by molar-refractivity contribution is 7.87. The fourth-order valence-corrected chi connectivity index (χ4v) is 5.47. The molecule has 6 unspecified atom stereocenters. The van der Waals surface area contributed by atoms with E-state index in [0.29, 0.717) is 0 Å². The molecule has 2 aliphatic rings. The Labute approximate surface area is 98.5 Å². The summed E-state index contributed by atoms with van der Waals surface area (Å²) in [5.41, 5.74) is 0. The number of hydrogen-bond donors (Lipinski definition) is 0. The molecule has 0 spiro atoms. The monoisotopic (exact) mass is 272 g/mol. The SMILES string of the molecule is CC1C(C)C(C(F)(F)F)C2C(C)C1OS2(=O)=O. The van der Waals surface area contributed by atoms with Gasteiger partial charge in [-0.25, -0.2) is 0 Å². The lowest BCUT2D eigenvalue weighted by Gasteiger charge is -2.40. The van der Waals surface area contributed by atoms with Crippen molar-refractivity contribution < 1.29 is 25.8 Å². The fourth-order valence-electron chi connectivity index (χ4n) is 3.24. The average molecular weight is 272 g/mol. The van der Waals surface area contributed by atoms with Gasteiger partial charge < -0.3 is 0 Å². The quantitative estimate of drug-likeness (QED) is 0.635. The molecule has 3 nitrogen and oxygen atoms in total. The predicted octanol–water partition coefficient (Wildman–Crippen LogP) is 2.18. The van der Waals surface area contributed by atoms with Gasteiger partial charge in [0.05, 0.1) is 12.0 Å². The maximum absolute atomic E-state index is 13.0. The Morgan fingerprint density at radius 1 is 1.00 bits per heavy atom. The molecule has 0 aromatic rings. The van der Waals surface area contributed by atoms with Gasteiger partial charge in [-0.15, -0.1) is 0 Å². The molecule has 2 rings (SSSR count). The first-order valence-electron chi connectivity index (χ1n) is 5.56. The summed E-state index contributed by atoms with van der Waals surface area (Å²) in [6.07, 6.45) is -5.11. The van der Waals surface area contributed by atoms with Crippen LogP contribution >= 0.6 is 0 Å². The second kappa shape index (κ2) is 3.60. The van der Waals surface area contributed by atoms with E-state index < -0.39 is 51.3 Å². The van der Waals surface area contributed by atoms with Gasteiger partial charge in [0, 0.05) is 5.92 Å². The van der Waals surface area contributed by atoms with Crippen molar-refractivity contribution in [2.45, 2.75) is 38.3 Å². The summed E-state index contributed by atoms with van der Waals surface area (Å²) in [6, 6.07) is 0. The standard InChI is InChI=1S/C10H15F3O3S/c1-4-5(2)8-6(3)9(17(14,15)16-8)7(4)10(11,12)13/h4-9H,1-3H3. The van der Waals surface area contributed by atoms with Gasteiger partial charge in [0.1, 0.15) is 5.25 Å². The number of rotatable bonds is 0. The van der Waals surface area contributed by atoms with Crippen molar-refractivity contribution in [1.82, 2.24) is 0 Å². The third kappa shape index (κ3) is 1.78. The minimum atomic E-state index is -4.50. The van der Waals surface area contributed by atoms with E-state index in [-0.39, 0.29) is 0 Å². The molecule has 1 saturated heterocycles. The summed E-state index contributed by atoms with van der Waals surface area (Å²) in [5, 5.41) is -1.45. The highest BCUT2D eigenvalue weighted by Crippen LogP contribution is 2.53. The molecule has 0 N–H and O–H groups in total. The summed E-state index contributed by atoms with van der Waals surface area (Å²) < 4.78 is 67.3. The lowest BCUT2D eigenvalue weighted by Crippen LogP contribution is -2.51. The second-order valence-corrected chi connectivity index (χ2v) is 6.89. The van der Waals surface area contributed by atoms with Gasteiger partial charge in [-0.2, -0.15) is 21.6 Å². The van der Waals surface area contributed by atoms with Crippen LogP contribution in [-0.4, -0.2) is 25.9 Å². The smallest absolute Gasteiger partial charge is 0.266 e. The van der Waals surface area contributed by atoms with Crippen LogP contribution < -0.4 is 0 Å². The summed E-state index contributed by atoms with van der Waals surface area (Å²) in [5.74, 6) is -3.57. The fraction of sp³-hybridized carbons (Fsp3) is 1.00. The zero-order valence-electron chi connectivity index (χ0n) is 9.73. The minimum absolute atomic E-state index is 0.412. The number of hydrogen-bond acceptors (Lipinski definition) is 3. The van der Waals surface area contributed by atoms with Crippen LogP contribution in [0, 0.1) is 23.7 Å². The lowest BCUT2D eigenvalue weighted by atomic mass is 9.67. The van der Waals surface area contributed by atoms with Gasteiger partial charge in [-0.3, -0.25) is 4.18 Å². The minimum Gasteiger partial charge on any atom is -0.266 e. The zero-order chi connectivity index (χ0) is 13.2. The van der Waals surface area contributed by atoms with Crippen molar-refractivity contribution in [1.29, 1.82) is 0 Å². The molecule has 0 amide bonds. The van der Waals surface area contributed by atoms with Crippen LogP contribution in [0.15, 0.2) is 0 Å². The van der Waals surface area contributed by atoms with Crippen LogP contribution in [0.3, 0.4) is 0 Å². The van der Waals surface area contributed by atoms with E-state index in [2.05, 4.69) is 0 Å². The van der Waals surface area contributed by atoms with Crippen molar-refractivity contribution in [3.05, 3.63) is 0 Å². The molecule has 1 heterocycles. The molecule has 2 bridgehead atoms. The number of halogens is 3. The Bertz CT molecular complexity index is 417. The number of alkyl halides is 3. The topological polar surface area (TPSA) is 43.4 Å². The lowest BCUT2D eigenvalue weighted by molar-refractivity contribution is -0.204. The van der Waals surface area contributed by atoms with Crippen LogP contribution in [-0.2, 0) is 14.3 Å². The molecular weight excluding hydrogens is 257 g/mol. The van der Waals surface area contributed by atoms with Crippen molar-refractivity contribution >= 4 is 10.1 Å². The summed E-state index contributed by atoms with van der Waals surface area (Å²) in [4.78, 5) is 0. The van der Waals surface area contributed by atoms with E-state index in [1.165, 1.54) is 13.8 Å². The molecule has 2 fully saturated rings. The Morgan fingerprint density at radius 2 is 1.53 bits per heavy atom. The molecule has 0 aromatic carbocycles. The first-order chi connectivity index (χ1) is 7.57. The first kappa shape index (κ1) is 13.1. The molecular formula is C10H15F3O3S. The van der Waals surface area contributed by atoms with Crippen LogP contribution in [0.25, 0.3) is 0 Å². The highest BCUT2D eigenvalue weighted by Gasteiger charge is 2.65. The van der Waals surface area contributed by atoms with Gasteiger partial charge in [0.2, 0.25) is 0 Å². The Hall–Kier alpha value is -0.300. The van der Waals surface area contributed by atoms with Gasteiger partial charge in [-0.05, 0) is 11.8 Å². The van der Waals surface area contributed by atoms with E-state index >= 15 is 0 Å². The normalized spacial score (nSPS) is 49.3. The molecule has 17 heavy (non-hydrogen) atoms. The zero-order valence-corrected chi connectivity index (χ0v) is 10.5. The van der Waals surface area contributed by atoms with E-state index in [1.807, 2.05) is 0 Å². The molecule has 1 aliphatic heterocycles. The largest absolute Gasteiger partial charge is 0.393 e. The van der Waals surface area contributed by atoms with Crippen molar-refractivity contribution in [3.63, 3.8) is 0 Å². The third-order valence-electron chi connectivity index (χ3n) is 4.26. The summed E-state index contributed by atoms with van der Waals surface area (Å²) in [7, 11) is -4.09. The van der Waals surface area contributed by atoms with E-state index in [4.69, 9.17) is 4.18 Å². The summed E-state index contributed by atoms with van der Waals surface area (Å²) in [6.45, 7) is 4.61. The van der Waals surface area contributed by atoms with Crippen molar-refractivity contribution in [2.75, 3.05) is 0 Å². The summed E-state index contributed by atoms with van der Waals surface area (Å²) >= 11 is 0. The maximum Gasteiger partial charge on any atom is 0.393 e. The Morgan fingerprint density at radius 3 is 2.00 bits per heavy atom. The highest BCUT2D eigenvalue weighted by atomic mass is 32.2. The van der Waals surface area contributed by atoms with Crippen LogP contribution in [0.4, 0.5) is 13.2 Å². The Balaban J connectivity index is 2.52. The van der Waals surface area contributed by atoms with Gasteiger partial charge >= 0.3 is 6.18 Å². The molecule has 0 radical (unpaired) electrons. The molecule has 1 aliphatic carbocycles. The van der Waals surface area contributed by atoms with Gasteiger partial charge in [0.15, 0.2) is 0 Å². The Kier molecular flexibility index (Phi) is 2.78. The van der Waals surface area contributed by atoms with Crippen molar-refractivity contribution in [3.8, 4) is 0 Å². The van der Waals surface area contributed by atoms with E-state index in [0.717, 1.165) is 0 Å². The van der Waals surface area contributed by atoms with Crippen LogP contribution in [0.2, 0.25) is 0 Å². The molecule has 1 saturated carbocycles. The number of fused-ring (bicyclic) bond motifs is 2. The van der Waals surface area contributed by atoms with Crippen LogP contribution in [0.1, 0.15) is 20.8 Å². The van der Waals surface area contributed by atoms with Gasteiger partial charge in [0.25, 0.3) is 10.1 Å². The molecule has 6 atom stereocenters. The average Bonchev–Trinajstić information content (AvgIpc) is 2.32. The first-order valence-corrected chi connectivity index (χ1v) is 7.03. The second-order valence-electron chi connectivity index (χ2n) is 5.16. The van der Waals surface area contributed by atoms with E-state index in [1.54, 1.807) is 6.92 Å². The van der Waals surface area contributed by atoms with Gasteiger partial charge in [-0.1, -0.05) is 20.8 Å².